The van der Waals surface area contributed by atoms with E-state index in [1.807, 2.05) is 20.8 Å². The maximum absolute atomic E-state index is 12.3. The summed E-state index contributed by atoms with van der Waals surface area (Å²) in [6.07, 6.45) is 0. The Balaban J connectivity index is 3.15. The molecule has 0 saturated carbocycles. The van der Waals surface area contributed by atoms with Gasteiger partial charge in [-0.05, 0) is 23.3 Å². The van der Waals surface area contributed by atoms with Crippen molar-refractivity contribution in [2.75, 3.05) is 13.7 Å². The monoisotopic (exact) mass is 305 g/mol. The highest BCUT2D eigenvalue weighted by Gasteiger charge is 2.28. The van der Waals surface area contributed by atoms with Gasteiger partial charge in [0.2, 0.25) is 10.0 Å². The Kier molecular flexibility index (Phi) is 4.76. The summed E-state index contributed by atoms with van der Waals surface area (Å²) >= 11 is 1.08. The van der Waals surface area contributed by atoms with Crippen molar-refractivity contribution >= 4 is 27.3 Å². The minimum absolute atomic E-state index is 0.0219. The number of rotatable bonds is 4. The van der Waals surface area contributed by atoms with Crippen LogP contribution in [0.1, 0.15) is 36.0 Å². The van der Waals surface area contributed by atoms with Crippen molar-refractivity contribution in [3.8, 4) is 0 Å². The highest BCUT2D eigenvalue weighted by atomic mass is 32.2. The SMILES string of the molecule is COC(=O)c1scc(C)c1S(=O)(=O)NCC(C)(C)C. The number of hydrogen-bond acceptors (Lipinski definition) is 5. The molecule has 0 saturated heterocycles. The number of nitrogens with one attached hydrogen (secondary N) is 1. The second-order valence-electron chi connectivity index (χ2n) is 5.45. The molecule has 1 heterocycles. The maximum atomic E-state index is 12.3. The van der Waals surface area contributed by atoms with Crippen LogP contribution in [0.5, 0.6) is 0 Å². The van der Waals surface area contributed by atoms with E-state index in [0.29, 0.717) is 12.1 Å². The lowest BCUT2D eigenvalue weighted by Gasteiger charge is -2.19. The first kappa shape index (κ1) is 16.1. The van der Waals surface area contributed by atoms with Crippen molar-refractivity contribution in [2.24, 2.45) is 5.41 Å². The van der Waals surface area contributed by atoms with Crippen LogP contribution in [-0.4, -0.2) is 28.0 Å². The van der Waals surface area contributed by atoms with Crippen LogP contribution in [0.25, 0.3) is 0 Å². The average molecular weight is 305 g/mol. The summed E-state index contributed by atoms with van der Waals surface area (Å²) in [6.45, 7) is 7.74. The molecule has 0 aromatic carbocycles. The molecule has 0 unspecified atom stereocenters. The number of carbonyl (C=O) groups is 1. The Morgan fingerprint density at radius 2 is 2.00 bits per heavy atom. The van der Waals surface area contributed by atoms with Crippen LogP contribution < -0.4 is 4.72 Å². The van der Waals surface area contributed by atoms with Gasteiger partial charge in [-0.2, -0.15) is 0 Å². The molecule has 19 heavy (non-hydrogen) atoms. The summed E-state index contributed by atoms with van der Waals surface area (Å²) < 4.78 is 31.7. The van der Waals surface area contributed by atoms with E-state index in [2.05, 4.69) is 9.46 Å². The van der Waals surface area contributed by atoms with E-state index in [1.165, 1.54) is 7.11 Å². The molecule has 0 aliphatic carbocycles. The minimum atomic E-state index is -3.71. The summed E-state index contributed by atoms with van der Waals surface area (Å²) in [5, 5.41) is 1.64. The Hall–Kier alpha value is -0.920. The molecule has 0 spiro atoms. The van der Waals surface area contributed by atoms with Crippen molar-refractivity contribution in [1.82, 2.24) is 4.72 Å². The standard InChI is InChI=1S/C12H19NO4S2/c1-8-6-18-9(11(14)17-5)10(8)19(15,16)13-7-12(2,3)4/h6,13H,7H2,1-5H3. The average Bonchev–Trinajstić information content (AvgIpc) is 2.67. The molecule has 0 radical (unpaired) electrons. The van der Waals surface area contributed by atoms with Gasteiger partial charge in [-0.25, -0.2) is 17.9 Å². The van der Waals surface area contributed by atoms with Crippen LogP contribution in [0.2, 0.25) is 0 Å². The molecular formula is C12H19NO4S2. The number of carbonyl (C=O) groups excluding carboxylic acids is 1. The van der Waals surface area contributed by atoms with Gasteiger partial charge in [-0.1, -0.05) is 20.8 Å². The normalized spacial score (nSPS) is 12.5. The van der Waals surface area contributed by atoms with Gasteiger partial charge in [-0.15, -0.1) is 11.3 Å². The third-order valence-electron chi connectivity index (χ3n) is 2.35. The fourth-order valence-electron chi connectivity index (χ4n) is 1.38. The second kappa shape index (κ2) is 5.60. The van der Waals surface area contributed by atoms with E-state index in [9.17, 15) is 13.2 Å². The number of ether oxygens (including phenoxy) is 1. The van der Waals surface area contributed by atoms with Gasteiger partial charge >= 0.3 is 5.97 Å². The Morgan fingerprint density at radius 1 is 1.42 bits per heavy atom. The van der Waals surface area contributed by atoms with Crippen molar-refractivity contribution in [2.45, 2.75) is 32.6 Å². The lowest BCUT2D eigenvalue weighted by atomic mass is 9.98. The summed E-state index contributed by atoms with van der Waals surface area (Å²) in [4.78, 5) is 11.7. The van der Waals surface area contributed by atoms with Crippen molar-refractivity contribution in [1.29, 1.82) is 0 Å². The molecule has 0 bridgehead atoms. The van der Waals surface area contributed by atoms with Crippen LogP contribution in [0.15, 0.2) is 10.3 Å². The predicted octanol–water partition coefficient (Wildman–Crippen LogP) is 2.17. The predicted molar refractivity (Wildman–Crippen MR) is 75.0 cm³/mol. The van der Waals surface area contributed by atoms with Gasteiger partial charge < -0.3 is 4.74 Å². The topological polar surface area (TPSA) is 72.5 Å². The fraction of sp³-hybridized carbons (Fsp3) is 0.583. The molecule has 108 valence electrons. The summed E-state index contributed by atoms with van der Waals surface area (Å²) in [6, 6.07) is 0. The zero-order valence-electron chi connectivity index (χ0n) is 11.7. The van der Waals surface area contributed by atoms with E-state index >= 15 is 0 Å². The highest BCUT2D eigenvalue weighted by Crippen LogP contribution is 2.27. The van der Waals surface area contributed by atoms with Crippen molar-refractivity contribution in [3.63, 3.8) is 0 Å². The summed E-state index contributed by atoms with van der Waals surface area (Å²) in [5.74, 6) is -0.630. The molecule has 0 fully saturated rings. The zero-order valence-corrected chi connectivity index (χ0v) is 13.4. The molecule has 0 atom stereocenters. The molecular weight excluding hydrogens is 286 g/mol. The molecule has 1 N–H and O–H groups in total. The fourth-order valence-corrected chi connectivity index (χ4v) is 4.37. The Morgan fingerprint density at radius 3 is 2.47 bits per heavy atom. The van der Waals surface area contributed by atoms with Gasteiger partial charge in [0, 0.05) is 6.54 Å². The maximum Gasteiger partial charge on any atom is 0.349 e. The highest BCUT2D eigenvalue weighted by molar-refractivity contribution is 7.89. The smallest absolute Gasteiger partial charge is 0.349 e. The number of sulfonamides is 1. The van der Waals surface area contributed by atoms with Gasteiger partial charge in [0.25, 0.3) is 0 Å². The molecule has 1 aromatic heterocycles. The van der Waals surface area contributed by atoms with Crippen LogP contribution in [0.3, 0.4) is 0 Å². The Labute approximate surface area is 118 Å². The van der Waals surface area contributed by atoms with Crippen molar-refractivity contribution in [3.05, 3.63) is 15.8 Å². The molecule has 7 heteroatoms. The minimum Gasteiger partial charge on any atom is -0.465 e. The molecule has 0 aliphatic heterocycles. The molecule has 0 amide bonds. The number of esters is 1. The molecule has 5 nitrogen and oxygen atoms in total. The second-order valence-corrected chi connectivity index (χ2v) is 8.04. The van der Waals surface area contributed by atoms with Gasteiger partial charge in [0.05, 0.1) is 7.11 Å². The first-order valence-electron chi connectivity index (χ1n) is 5.74. The lowest BCUT2D eigenvalue weighted by Crippen LogP contribution is -2.33. The van der Waals surface area contributed by atoms with E-state index < -0.39 is 16.0 Å². The molecule has 1 rings (SSSR count). The van der Waals surface area contributed by atoms with Crippen LogP contribution in [0.4, 0.5) is 0 Å². The van der Waals surface area contributed by atoms with Crippen LogP contribution in [0, 0.1) is 12.3 Å². The van der Waals surface area contributed by atoms with E-state index in [0.717, 1.165) is 11.3 Å². The lowest BCUT2D eigenvalue weighted by molar-refractivity contribution is 0.0602. The van der Waals surface area contributed by atoms with Crippen LogP contribution >= 0.6 is 11.3 Å². The summed E-state index contributed by atoms with van der Waals surface area (Å²) in [7, 11) is -2.47. The van der Waals surface area contributed by atoms with Crippen molar-refractivity contribution < 1.29 is 17.9 Å². The van der Waals surface area contributed by atoms with Crippen LogP contribution in [-0.2, 0) is 14.8 Å². The number of methoxy groups -OCH3 is 1. The Bertz CT molecular complexity index is 567. The quantitative estimate of drug-likeness (QED) is 0.865. The zero-order chi connectivity index (χ0) is 14.8. The number of hydrogen-bond donors (Lipinski definition) is 1. The number of aryl methyl sites for hydroxylation is 1. The largest absolute Gasteiger partial charge is 0.465 e. The molecule has 0 aliphatic rings. The van der Waals surface area contributed by atoms with Gasteiger partial charge in [0.15, 0.2) is 0 Å². The summed E-state index contributed by atoms with van der Waals surface area (Å²) in [5.41, 5.74) is 0.370. The number of thiophene rings is 1. The first-order valence-corrected chi connectivity index (χ1v) is 8.11. The van der Waals surface area contributed by atoms with E-state index in [1.54, 1.807) is 12.3 Å². The molecule has 1 aromatic rings. The van der Waals surface area contributed by atoms with Gasteiger partial charge in [0.1, 0.15) is 9.77 Å². The van der Waals surface area contributed by atoms with E-state index in [4.69, 9.17) is 0 Å². The first-order chi connectivity index (χ1) is 8.58. The third kappa shape index (κ3) is 4.02. The van der Waals surface area contributed by atoms with E-state index in [-0.39, 0.29) is 15.2 Å². The van der Waals surface area contributed by atoms with Gasteiger partial charge in [-0.3, -0.25) is 0 Å². The third-order valence-corrected chi connectivity index (χ3v) is 5.15.